The van der Waals surface area contributed by atoms with Gasteiger partial charge in [0.25, 0.3) is 0 Å². The van der Waals surface area contributed by atoms with Crippen LogP contribution in [0.1, 0.15) is 6.42 Å². The molecule has 0 radical (unpaired) electrons. The van der Waals surface area contributed by atoms with E-state index in [1.54, 1.807) is 0 Å². The minimum atomic E-state index is 0. The Labute approximate surface area is 74.5 Å². The van der Waals surface area contributed by atoms with E-state index >= 15 is 0 Å². The summed E-state index contributed by atoms with van der Waals surface area (Å²) in [5.41, 5.74) is 0. The average Bonchev–Trinajstić information content (AvgIpc) is 1.59. The van der Waals surface area contributed by atoms with Gasteiger partial charge in [0.15, 0.2) is 0 Å². The molecule has 0 saturated heterocycles. The van der Waals surface area contributed by atoms with E-state index in [-0.39, 0.29) is 17.9 Å². The van der Waals surface area contributed by atoms with Crippen molar-refractivity contribution in [2.75, 3.05) is 33.6 Å². The molecule has 10 heavy (non-hydrogen) atoms. The lowest BCUT2D eigenvalue weighted by Gasteiger charge is -2.22. The fourth-order valence-corrected chi connectivity index (χ4v) is 0.654. The third kappa shape index (κ3) is 15.8. The van der Waals surface area contributed by atoms with Gasteiger partial charge in [-0.1, -0.05) is 0 Å². The van der Waals surface area contributed by atoms with Gasteiger partial charge in [-0.05, 0) is 0 Å². The van der Waals surface area contributed by atoms with Gasteiger partial charge in [-0.25, -0.2) is 0 Å². The van der Waals surface area contributed by atoms with Crippen LogP contribution in [-0.2, 0) is 0 Å². The quantitative estimate of drug-likeness (QED) is 0.348. The molecule has 0 bridgehead atoms. The van der Waals surface area contributed by atoms with E-state index < -0.39 is 0 Å². The monoisotopic (exact) mass is 189 g/mol. The van der Waals surface area contributed by atoms with Gasteiger partial charge in [0.05, 0.1) is 27.7 Å². The molecule has 0 aromatic rings. The van der Waals surface area contributed by atoms with E-state index in [1.165, 1.54) is 6.54 Å². The topological polar surface area (TPSA) is 31.5 Å². The van der Waals surface area contributed by atoms with Gasteiger partial charge in [0, 0.05) is 12.3 Å². The van der Waals surface area contributed by atoms with Gasteiger partial charge in [-0.3, -0.25) is 0 Å². The van der Waals surface area contributed by atoms with E-state index in [0.29, 0.717) is 0 Å². The summed E-state index contributed by atoms with van der Waals surface area (Å²) in [6, 6.07) is 0. The standard InChI is InChI=1S/C6H15ClN.ClH.H2O/c1-8(2,3)6-4-5-7;;/h4-6H2,1-3H3;1H;1H2/q+1;;/p-1. The molecule has 2 nitrogen and oxygen atoms in total. The van der Waals surface area contributed by atoms with Crippen LogP contribution in [0.15, 0.2) is 0 Å². The summed E-state index contributed by atoms with van der Waals surface area (Å²) in [4.78, 5) is 0. The molecule has 0 aliphatic carbocycles. The Kier molecular flexibility index (Phi) is 12.8. The maximum atomic E-state index is 5.50. The number of alkyl halides is 1. The highest BCUT2D eigenvalue weighted by molar-refractivity contribution is 6.17. The molecule has 0 unspecified atom stereocenters. The summed E-state index contributed by atoms with van der Waals surface area (Å²) in [7, 11) is 6.52. The van der Waals surface area contributed by atoms with E-state index in [0.717, 1.165) is 16.8 Å². The Morgan fingerprint density at radius 3 is 1.70 bits per heavy atom. The maximum Gasteiger partial charge on any atom is 0.0791 e. The highest BCUT2D eigenvalue weighted by atomic mass is 35.5. The largest absolute Gasteiger partial charge is 1.00 e. The summed E-state index contributed by atoms with van der Waals surface area (Å²) in [6.45, 7) is 1.17. The Morgan fingerprint density at radius 1 is 1.20 bits per heavy atom. The molecular formula is C6H17Cl2NO. The van der Waals surface area contributed by atoms with Crippen molar-refractivity contribution in [2.24, 2.45) is 0 Å². The lowest BCUT2D eigenvalue weighted by Crippen LogP contribution is -3.00. The van der Waals surface area contributed by atoms with Crippen molar-refractivity contribution in [3.8, 4) is 0 Å². The van der Waals surface area contributed by atoms with Crippen molar-refractivity contribution in [3.63, 3.8) is 0 Å². The van der Waals surface area contributed by atoms with Crippen LogP contribution in [0, 0.1) is 0 Å². The fraction of sp³-hybridized carbons (Fsp3) is 1.00. The molecule has 0 rings (SSSR count). The third-order valence-electron chi connectivity index (χ3n) is 0.963. The molecule has 0 fully saturated rings. The fourth-order valence-electron chi connectivity index (χ4n) is 0.534. The van der Waals surface area contributed by atoms with Crippen LogP contribution in [0.3, 0.4) is 0 Å². The molecule has 2 N–H and O–H groups in total. The van der Waals surface area contributed by atoms with Crippen LogP contribution in [0.4, 0.5) is 0 Å². The molecule has 0 amide bonds. The predicted octanol–water partition coefficient (Wildman–Crippen LogP) is -2.50. The van der Waals surface area contributed by atoms with Crippen LogP contribution in [0.2, 0.25) is 0 Å². The Balaban J connectivity index is -0.000000245. The second-order valence-electron chi connectivity index (χ2n) is 3.06. The van der Waals surface area contributed by atoms with Crippen molar-refractivity contribution >= 4 is 11.6 Å². The zero-order chi connectivity index (χ0) is 6.62. The molecular weight excluding hydrogens is 173 g/mol. The normalized spacial score (nSPS) is 9.60. The summed E-state index contributed by atoms with van der Waals surface area (Å²) in [5.74, 6) is 0.787. The van der Waals surface area contributed by atoms with E-state index in [1.807, 2.05) is 0 Å². The molecule has 66 valence electrons. The molecule has 0 aliphatic rings. The second kappa shape index (κ2) is 7.61. The molecule has 0 heterocycles. The van der Waals surface area contributed by atoms with Crippen molar-refractivity contribution in [2.45, 2.75) is 6.42 Å². The van der Waals surface area contributed by atoms with Gasteiger partial charge in [0.1, 0.15) is 0 Å². The first-order valence-electron chi connectivity index (χ1n) is 2.93. The zero-order valence-electron chi connectivity index (χ0n) is 6.82. The van der Waals surface area contributed by atoms with E-state index in [2.05, 4.69) is 21.1 Å². The smallest absolute Gasteiger partial charge is 0.0791 e. The number of rotatable bonds is 3. The van der Waals surface area contributed by atoms with Gasteiger partial charge in [-0.15, -0.1) is 11.6 Å². The molecule has 4 heteroatoms. The van der Waals surface area contributed by atoms with Gasteiger partial charge in [-0.2, -0.15) is 0 Å². The molecule has 0 spiro atoms. The number of quaternary nitrogens is 1. The highest BCUT2D eigenvalue weighted by Crippen LogP contribution is 1.93. The van der Waals surface area contributed by atoms with Gasteiger partial charge < -0.3 is 22.4 Å². The Morgan fingerprint density at radius 2 is 1.60 bits per heavy atom. The van der Waals surface area contributed by atoms with Crippen LogP contribution < -0.4 is 12.4 Å². The number of halogens is 2. The molecule has 0 aromatic heterocycles. The average molecular weight is 190 g/mol. The Bertz CT molecular complexity index is 63.3. The summed E-state index contributed by atoms with van der Waals surface area (Å²) in [6.07, 6.45) is 1.12. The molecule has 0 atom stereocenters. The first-order chi connectivity index (χ1) is 3.56. The van der Waals surface area contributed by atoms with Crippen molar-refractivity contribution in [1.82, 2.24) is 0 Å². The van der Waals surface area contributed by atoms with Crippen LogP contribution in [0.5, 0.6) is 0 Å². The van der Waals surface area contributed by atoms with Crippen LogP contribution >= 0.6 is 11.6 Å². The van der Waals surface area contributed by atoms with Crippen LogP contribution in [0.25, 0.3) is 0 Å². The first-order valence-corrected chi connectivity index (χ1v) is 3.46. The van der Waals surface area contributed by atoms with Gasteiger partial charge in [0.2, 0.25) is 0 Å². The second-order valence-corrected chi connectivity index (χ2v) is 3.43. The number of hydrogen-bond donors (Lipinski definition) is 0. The lowest BCUT2D eigenvalue weighted by molar-refractivity contribution is -0.870. The summed E-state index contributed by atoms with van der Waals surface area (Å²) >= 11 is 5.50. The minimum absolute atomic E-state index is 0. The summed E-state index contributed by atoms with van der Waals surface area (Å²) < 4.78 is 1.02. The third-order valence-corrected chi connectivity index (χ3v) is 1.23. The first kappa shape index (κ1) is 16.8. The SMILES string of the molecule is C[N+](C)(C)CCCCl.O.[Cl-]. The summed E-state index contributed by atoms with van der Waals surface area (Å²) in [5, 5.41) is 0. The van der Waals surface area contributed by atoms with E-state index in [9.17, 15) is 0 Å². The van der Waals surface area contributed by atoms with E-state index in [4.69, 9.17) is 11.6 Å². The van der Waals surface area contributed by atoms with Crippen molar-refractivity contribution in [1.29, 1.82) is 0 Å². The zero-order valence-corrected chi connectivity index (χ0v) is 8.34. The number of nitrogens with zero attached hydrogens (tertiary/aromatic N) is 1. The predicted molar refractivity (Wildman–Crippen MR) is 41.9 cm³/mol. The molecule has 0 aliphatic heterocycles. The van der Waals surface area contributed by atoms with Crippen molar-refractivity contribution < 1.29 is 22.4 Å². The lowest BCUT2D eigenvalue weighted by atomic mass is 10.4. The Hall–Kier alpha value is 0.500. The van der Waals surface area contributed by atoms with Gasteiger partial charge >= 0.3 is 0 Å². The highest BCUT2D eigenvalue weighted by Gasteiger charge is 2.03. The number of hydrogen-bond acceptors (Lipinski definition) is 0. The minimum Gasteiger partial charge on any atom is -1.00 e. The molecule has 0 saturated carbocycles. The molecule has 0 aromatic carbocycles. The van der Waals surface area contributed by atoms with Crippen LogP contribution in [-0.4, -0.2) is 43.5 Å². The maximum absolute atomic E-state index is 5.50. The van der Waals surface area contributed by atoms with Crippen molar-refractivity contribution in [3.05, 3.63) is 0 Å².